The van der Waals surface area contributed by atoms with Crippen molar-refractivity contribution in [2.24, 2.45) is 0 Å². The Balaban J connectivity index is 2.05. The van der Waals surface area contributed by atoms with Gasteiger partial charge >= 0.3 is 0 Å². The Labute approximate surface area is 101 Å². The van der Waals surface area contributed by atoms with Crippen molar-refractivity contribution in [2.45, 2.75) is 18.3 Å². The van der Waals surface area contributed by atoms with Gasteiger partial charge in [-0.1, -0.05) is 30.3 Å². The number of nitrogens with zero attached hydrogens (tertiary/aromatic N) is 2. The Morgan fingerprint density at radius 2 is 1.87 bits per heavy atom. The number of aromatic nitrogens is 2. The number of halogens is 1. The van der Waals surface area contributed by atoms with Gasteiger partial charge in [0.2, 0.25) is 5.89 Å². The summed E-state index contributed by atoms with van der Waals surface area (Å²) in [5, 5.41) is 8.02. The number of hydrogen-bond donors (Lipinski definition) is 0. The fourth-order valence-corrected chi connectivity index (χ4v) is 2.22. The van der Waals surface area contributed by atoms with Gasteiger partial charge in [0.15, 0.2) is 0 Å². The third-order valence-corrected chi connectivity index (χ3v) is 3.32. The predicted molar refractivity (Wildman–Crippen MR) is 63.5 cm³/mol. The van der Waals surface area contributed by atoms with Crippen LogP contribution in [0.15, 0.2) is 34.7 Å². The van der Waals surface area contributed by atoms with E-state index >= 15 is 0 Å². The van der Waals surface area contributed by atoms with E-state index in [9.17, 15) is 0 Å². The van der Waals surface area contributed by atoms with Crippen LogP contribution in [0.1, 0.15) is 24.3 Å². The molecule has 1 heterocycles. The molecule has 76 valence electrons. The molecule has 0 aliphatic heterocycles. The zero-order chi connectivity index (χ0) is 10.3. The molecule has 3 nitrogen and oxygen atoms in total. The highest BCUT2D eigenvalue weighted by molar-refractivity contribution is 14.1. The van der Waals surface area contributed by atoms with E-state index in [2.05, 4.69) is 34.5 Å². The summed E-state index contributed by atoms with van der Waals surface area (Å²) in [4.78, 5) is 0. The van der Waals surface area contributed by atoms with E-state index in [1.165, 1.54) is 5.56 Å². The minimum atomic E-state index is 0.0116. The van der Waals surface area contributed by atoms with Gasteiger partial charge in [-0.05, 0) is 18.4 Å². The molecule has 0 radical (unpaired) electrons. The second-order valence-electron chi connectivity index (χ2n) is 3.81. The van der Waals surface area contributed by atoms with E-state index in [1.807, 2.05) is 28.7 Å². The van der Waals surface area contributed by atoms with E-state index in [0.717, 1.165) is 18.7 Å². The Bertz CT molecular complexity index is 476. The number of rotatable bonds is 2. The Hall–Kier alpha value is -0.910. The lowest BCUT2D eigenvalue weighted by Crippen LogP contribution is -2.08. The van der Waals surface area contributed by atoms with Crippen LogP contribution >= 0.6 is 22.6 Å². The van der Waals surface area contributed by atoms with Crippen LogP contribution in [0.4, 0.5) is 0 Å². The fraction of sp³-hybridized carbons (Fsp3) is 0.273. The van der Waals surface area contributed by atoms with Crippen LogP contribution in [0.5, 0.6) is 0 Å². The van der Waals surface area contributed by atoms with E-state index in [-0.39, 0.29) is 5.41 Å². The first-order valence-corrected chi connectivity index (χ1v) is 5.94. The molecule has 1 saturated carbocycles. The maximum absolute atomic E-state index is 5.53. The smallest absolute Gasteiger partial charge is 0.278 e. The predicted octanol–water partition coefficient (Wildman–Crippen LogP) is 2.75. The highest BCUT2D eigenvalue weighted by Crippen LogP contribution is 2.52. The van der Waals surface area contributed by atoms with Gasteiger partial charge in [0.1, 0.15) is 0 Å². The maximum Gasteiger partial charge on any atom is 0.278 e. The largest absolute Gasteiger partial charge is 0.415 e. The van der Waals surface area contributed by atoms with Crippen LogP contribution in [0.3, 0.4) is 0 Å². The fourth-order valence-electron chi connectivity index (χ4n) is 1.91. The lowest BCUT2D eigenvalue weighted by Gasteiger charge is -2.09. The van der Waals surface area contributed by atoms with Gasteiger partial charge in [0.25, 0.3) is 3.90 Å². The normalized spacial score (nSPS) is 17.7. The summed E-state index contributed by atoms with van der Waals surface area (Å²) in [6.45, 7) is 0. The van der Waals surface area contributed by atoms with Crippen molar-refractivity contribution < 1.29 is 4.42 Å². The molecule has 2 aromatic rings. The summed E-state index contributed by atoms with van der Waals surface area (Å²) in [6, 6.07) is 10.4. The standard InChI is InChI=1S/C11H9IN2O/c12-10-14-13-9(15-10)11(6-7-11)8-4-2-1-3-5-8/h1-5H,6-7H2. The summed E-state index contributed by atoms with van der Waals surface area (Å²) in [5.74, 6) is 0.762. The molecule has 0 amide bonds. The Kier molecular flexibility index (Phi) is 2.05. The van der Waals surface area contributed by atoms with Crippen molar-refractivity contribution in [3.05, 3.63) is 45.7 Å². The molecule has 3 rings (SSSR count). The molecule has 0 unspecified atom stereocenters. The first kappa shape index (κ1) is 9.33. The topological polar surface area (TPSA) is 38.9 Å². The van der Waals surface area contributed by atoms with Crippen LogP contribution in [0, 0.1) is 3.90 Å². The maximum atomic E-state index is 5.53. The highest BCUT2D eigenvalue weighted by Gasteiger charge is 2.50. The molecule has 0 spiro atoms. The van der Waals surface area contributed by atoms with Crippen molar-refractivity contribution in [3.8, 4) is 0 Å². The highest BCUT2D eigenvalue weighted by atomic mass is 127. The van der Waals surface area contributed by atoms with E-state index in [4.69, 9.17) is 4.42 Å². The Morgan fingerprint density at radius 1 is 1.13 bits per heavy atom. The second kappa shape index (κ2) is 3.30. The number of benzene rings is 1. The number of hydrogen-bond acceptors (Lipinski definition) is 3. The molecule has 1 aliphatic carbocycles. The van der Waals surface area contributed by atoms with Gasteiger partial charge in [-0.15, -0.1) is 10.2 Å². The van der Waals surface area contributed by atoms with Crippen LogP contribution in [0.25, 0.3) is 0 Å². The van der Waals surface area contributed by atoms with Crippen molar-refractivity contribution in [3.63, 3.8) is 0 Å². The third-order valence-electron chi connectivity index (χ3n) is 2.89. The first-order valence-electron chi connectivity index (χ1n) is 4.86. The lowest BCUT2D eigenvalue weighted by atomic mass is 9.96. The molecule has 15 heavy (non-hydrogen) atoms. The molecule has 1 aromatic carbocycles. The summed E-state index contributed by atoms with van der Waals surface area (Å²) < 4.78 is 6.15. The molecular formula is C11H9IN2O. The molecular weight excluding hydrogens is 303 g/mol. The SMILES string of the molecule is Ic1nnc(C2(c3ccccc3)CC2)o1. The summed E-state index contributed by atoms with van der Waals surface area (Å²) in [7, 11) is 0. The van der Waals surface area contributed by atoms with Gasteiger partial charge in [0, 0.05) is 22.6 Å². The summed E-state index contributed by atoms with van der Waals surface area (Å²) in [6.07, 6.45) is 2.21. The van der Waals surface area contributed by atoms with Gasteiger partial charge in [-0.25, -0.2) is 0 Å². The van der Waals surface area contributed by atoms with Crippen LogP contribution < -0.4 is 0 Å². The Morgan fingerprint density at radius 3 is 2.40 bits per heavy atom. The van der Waals surface area contributed by atoms with Crippen molar-refractivity contribution in [2.75, 3.05) is 0 Å². The van der Waals surface area contributed by atoms with Crippen LogP contribution in [0.2, 0.25) is 0 Å². The van der Waals surface area contributed by atoms with Gasteiger partial charge < -0.3 is 4.42 Å². The molecule has 1 aliphatic rings. The first-order chi connectivity index (χ1) is 7.31. The molecule has 0 atom stereocenters. The quantitative estimate of drug-likeness (QED) is 0.801. The van der Waals surface area contributed by atoms with Crippen LogP contribution in [-0.4, -0.2) is 10.2 Å². The molecule has 4 heteroatoms. The average molecular weight is 312 g/mol. The minimum absolute atomic E-state index is 0.0116. The molecule has 0 N–H and O–H groups in total. The van der Waals surface area contributed by atoms with Gasteiger partial charge in [-0.3, -0.25) is 0 Å². The van der Waals surface area contributed by atoms with Crippen molar-refractivity contribution in [1.82, 2.24) is 10.2 Å². The van der Waals surface area contributed by atoms with Crippen molar-refractivity contribution in [1.29, 1.82) is 0 Å². The second-order valence-corrected chi connectivity index (χ2v) is 4.73. The zero-order valence-electron chi connectivity index (χ0n) is 7.98. The molecule has 1 aromatic heterocycles. The third kappa shape index (κ3) is 1.47. The van der Waals surface area contributed by atoms with E-state index in [1.54, 1.807) is 0 Å². The molecule has 0 bridgehead atoms. The van der Waals surface area contributed by atoms with E-state index in [0.29, 0.717) is 3.90 Å². The molecule has 0 saturated heterocycles. The minimum Gasteiger partial charge on any atom is -0.415 e. The average Bonchev–Trinajstić information content (AvgIpc) is 2.98. The van der Waals surface area contributed by atoms with Crippen LogP contribution in [-0.2, 0) is 5.41 Å². The van der Waals surface area contributed by atoms with Crippen molar-refractivity contribution >= 4 is 22.6 Å². The van der Waals surface area contributed by atoms with Gasteiger partial charge in [0.05, 0.1) is 5.41 Å². The lowest BCUT2D eigenvalue weighted by molar-refractivity contribution is 0.441. The van der Waals surface area contributed by atoms with E-state index < -0.39 is 0 Å². The monoisotopic (exact) mass is 312 g/mol. The summed E-state index contributed by atoms with van der Waals surface area (Å²) >= 11 is 2.05. The molecule has 1 fully saturated rings. The summed E-state index contributed by atoms with van der Waals surface area (Å²) in [5.41, 5.74) is 1.29. The van der Waals surface area contributed by atoms with Gasteiger partial charge in [-0.2, -0.15) is 0 Å². The zero-order valence-corrected chi connectivity index (χ0v) is 10.1.